The molecule has 0 amide bonds. The first-order chi connectivity index (χ1) is 9.10. The molecule has 4 nitrogen and oxygen atoms in total. The highest BCUT2D eigenvalue weighted by Gasteiger charge is 2.10. The third-order valence-electron chi connectivity index (χ3n) is 2.57. The number of aromatic nitrogens is 1. The number of nitrogens with zero attached hydrogens (tertiary/aromatic N) is 2. The molecule has 0 bridgehead atoms. The van der Waals surface area contributed by atoms with Crippen LogP contribution in [0.5, 0.6) is 5.75 Å². The zero-order valence-electron chi connectivity index (χ0n) is 10.3. The third kappa shape index (κ3) is 3.24. The number of rotatable bonds is 4. The van der Waals surface area contributed by atoms with Crippen molar-refractivity contribution < 1.29 is 9.53 Å². The van der Waals surface area contributed by atoms with E-state index < -0.39 is 0 Å². The van der Waals surface area contributed by atoms with E-state index in [0.717, 1.165) is 4.47 Å². The van der Waals surface area contributed by atoms with Gasteiger partial charge in [-0.2, -0.15) is 5.26 Å². The molecule has 96 valence electrons. The van der Waals surface area contributed by atoms with Gasteiger partial charge in [0, 0.05) is 29.5 Å². The molecule has 2 rings (SSSR count). The molecule has 0 unspecified atom stereocenters. The van der Waals surface area contributed by atoms with Gasteiger partial charge in [-0.1, -0.05) is 15.9 Å². The quantitative estimate of drug-likeness (QED) is 0.814. The van der Waals surface area contributed by atoms with Crippen molar-refractivity contribution in [1.29, 1.82) is 5.26 Å². The van der Waals surface area contributed by atoms with E-state index in [1.54, 1.807) is 41.2 Å². The van der Waals surface area contributed by atoms with Crippen LogP contribution in [0, 0.1) is 11.3 Å². The number of hydrogen-bond donors (Lipinski definition) is 0. The topological polar surface area (TPSA) is 55.0 Å². The van der Waals surface area contributed by atoms with E-state index in [4.69, 9.17) is 10.00 Å². The first-order valence-electron chi connectivity index (χ1n) is 5.58. The number of benzene rings is 1. The molecule has 19 heavy (non-hydrogen) atoms. The molecule has 0 fully saturated rings. The summed E-state index contributed by atoms with van der Waals surface area (Å²) in [7, 11) is 1.85. The average Bonchev–Trinajstić information content (AvgIpc) is 2.83. The summed E-state index contributed by atoms with van der Waals surface area (Å²) in [5.41, 5.74) is 0.994. The molecule has 1 aromatic heterocycles. The molecule has 1 aromatic carbocycles. The van der Waals surface area contributed by atoms with Gasteiger partial charge >= 0.3 is 0 Å². The number of halogens is 1. The van der Waals surface area contributed by atoms with E-state index in [1.807, 2.05) is 13.1 Å². The summed E-state index contributed by atoms with van der Waals surface area (Å²) in [6, 6.07) is 8.86. The van der Waals surface area contributed by atoms with Crippen molar-refractivity contribution in [1.82, 2.24) is 4.57 Å². The fourth-order valence-corrected chi connectivity index (χ4v) is 1.97. The minimum atomic E-state index is -0.118. The molecule has 0 saturated heterocycles. The molecule has 0 aliphatic carbocycles. The highest BCUT2D eigenvalue weighted by Crippen LogP contribution is 2.22. The maximum absolute atomic E-state index is 11.9. The molecule has 0 spiro atoms. The summed E-state index contributed by atoms with van der Waals surface area (Å²) < 4.78 is 8.00. The van der Waals surface area contributed by atoms with Gasteiger partial charge in [0.2, 0.25) is 5.78 Å². The van der Waals surface area contributed by atoms with Crippen molar-refractivity contribution in [2.75, 3.05) is 6.61 Å². The molecular formula is C14H11BrN2O2. The minimum absolute atomic E-state index is 0.0830. The number of ether oxygens (including phenoxy) is 1. The Labute approximate surface area is 119 Å². The fraction of sp³-hybridized carbons (Fsp3) is 0.143. The van der Waals surface area contributed by atoms with E-state index in [-0.39, 0.29) is 12.4 Å². The molecule has 2 aromatic rings. The Morgan fingerprint density at radius 2 is 2.26 bits per heavy atom. The van der Waals surface area contributed by atoms with Crippen LogP contribution >= 0.6 is 15.9 Å². The smallest absolute Gasteiger partial charge is 0.201 e. The van der Waals surface area contributed by atoms with Crippen LogP contribution in [0.1, 0.15) is 15.9 Å². The maximum atomic E-state index is 11.9. The maximum Gasteiger partial charge on any atom is 0.201 e. The summed E-state index contributed by atoms with van der Waals surface area (Å²) in [5, 5.41) is 8.99. The summed E-state index contributed by atoms with van der Waals surface area (Å²) in [6.45, 7) is -0.0830. The summed E-state index contributed by atoms with van der Waals surface area (Å²) in [4.78, 5) is 11.9. The van der Waals surface area contributed by atoms with Crippen LogP contribution in [0.2, 0.25) is 0 Å². The number of aryl methyl sites for hydroxylation is 1. The number of hydrogen-bond acceptors (Lipinski definition) is 3. The Morgan fingerprint density at radius 3 is 2.89 bits per heavy atom. The highest BCUT2D eigenvalue weighted by atomic mass is 79.9. The SMILES string of the molecule is Cn1ccc(C(=O)COc2ccc(Br)cc2C#N)c1. The van der Waals surface area contributed by atoms with Crippen molar-refractivity contribution >= 4 is 21.7 Å². The Bertz CT molecular complexity index is 656. The molecule has 0 aliphatic heterocycles. The number of ketones is 1. The molecule has 0 radical (unpaired) electrons. The van der Waals surface area contributed by atoms with Gasteiger partial charge in [0.25, 0.3) is 0 Å². The lowest BCUT2D eigenvalue weighted by molar-refractivity contribution is 0.0921. The van der Waals surface area contributed by atoms with E-state index in [9.17, 15) is 4.79 Å². The van der Waals surface area contributed by atoms with E-state index in [1.165, 1.54) is 0 Å². The Morgan fingerprint density at radius 1 is 1.47 bits per heavy atom. The van der Waals surface area contributed by atoms with Crippen LogP contribution < -0.4 is 4.74 Å². The molecule has 1 heterocycles. The zero-order valence-corrected chi connectivity index (χ0v) is 11.8. The Hall–Kier alpha value is -2.06. The number of carbonyl (C=O) groups excluding carboxylic acids is 1. The number of Topliss-reactive ketones (excluding diaryl/α,β-unsaturated/α-hetero) is 1. The average molecular weight is 319 g/mol. The first-order valence-corrected chi connectivity index (χ1v) is 6.37. The lowest BCUT2D eigenvalue weighted by Crippen LogP contribution is -2.11. The molecule has 0 N–H and O–H groups in total. The second-order valence-corrected chi connectivity index (χ2v) is 4.95. The van der Waals surface area contributed by atoms with Gasteiger partial charge in [0.15, 0.2) is 6.61 Å². The monoisotopic (exact) mass is 318 g/mol. The van der Waals surface area contributed by atoms with E-state index >= 15 is 0 Å². The van der Waals surface area contributed by atoms with Gasteiger partial charge < -0.3 is 9.30 Å². The van der Waals surface area contributed by atoms with Gasteiger partial charge in [0.1, 0.15) is 11.8 Å². The van der Waals surface area contributed by atoms with Crippen LogP contribution in [0.4, 0.5) is 0 Å². The Balaban J connectivity index is 2.07. The molecule has 0 aliphatic rings. The van der Waals surface area contributed by atoms with Crippen LogP contribution in [-0.2, 0) is 7.05 Å². The standard InChI is InChI=1S/C14H11BrN2O2/c1-17-5-4-10(8-17)13(18)9-19-14-3-2-12(15)6-11(14)7-16/h2-6,8H,9H2,1H3. The van der Waals surface area contributed by atoms with Crippen LogP contribution in [0.15, 0.2) is 41.1 Å². The molecule has 5 heteroatoms. The highest BCUT2D eigenvalue weighted by molar-refractivity contribution is 9.10. The minimum Gasteiger partial charge on any atom is -0.484 e. The summed E-state index contributed by atoms with van der Waals surface area (Å²) >= 11 is 3.28. The van der Waals surface area contributed by atoms with E-state index in [0.29, 0.717) is 16.9 Å². The van der Waals surface area contributed by atoms with E-state index in [2.05, 4.69) is 15.9 Å². The largest absolute Gasteiger partial charge is 0.484 e. The molecular weight excluding hydrogens is 308 g/mol. The van der Waals surface area contributed by atoms with Gasteiger partial charge in [-0.05, 0) is 24.3 Å². The number of nitriles is 1. The predicted octanol–water partition coefficient (Wildman–Crippen LogP) is 2.92. The normalized spacial score (nSPS) is 9.95. The van der Waals surface area contributed by atoms with Crippen molar-refractivity contribution in [3.63, 3.8) is 0 Å². The Kier molecular flexibility index (Phi) is 4.03. The number of carbonyl (C=O) groups is 1. The van der Waals surface area contributed by atoms with Crippen molar-refractivity contribution in [2.24, 2.45) is 7.05 Å². The van der Waals surface area contributed by atoms with Gasteiger partial charge in [-0.3, -0.25) is 4.79 Å². The summed E-state index contributed by atoms with van der Waals surface area (Å²) in [6.07, 6.45) is 3.53. The first kappa shape index (κ1) is 13.4. The second-order valence-electron chi connectivity index (χ2n) is 4.03. The second kappa shape index (κ2) is 5.72. The zero-order chi connectivity index (χ0) is 13.8. The third-order valence-corrected chi connectivity index (χ3v) is 3.07. The van der Waals surface area contributed by atoms with Crippen LogP contribution in [0.3, 0.4) is 0 Å². The summed E-state index contributed by atoms with van der Waals surface area (Å²) in [5.74, 6) is 0.294. The lowest BCUT2D eigenvalue weighted by Gasteiger charge is -2.06. The van der Waals surface area contributed by atoms with Crippen molar-refractivity contribution in [3.8, 4) is 11.8 Å². The molecule has 0 atom stereocenters. The van der Waals surface area contributed by atoms with Crippen molar-refractivity contribution in [2.45, 2.75) is 0 Å². The lowest BCUT2D eigenvalue weighted by atomic mass is 10.2. The van der Waals surface area contributed by atoms with Crippen molar-refractivity contribution in [3.05, 3.63) is 52.3 Å². The van der Waals surface area contributed by atoms with Crippen LogP contribution in [-0.4, -0.2) is 17.0 Å². The van der Waals surface area contributed by atoms with Gasteiger partial charge in [-0.25, -0.2) is 0 Å². The fourth-order valence-electron chi connectivity index (χ4n) is 1.61. The molecule has 0 saturated carbocycles. The van der Waals surface area contributed by atoms with Gasteiger partial charge in [-0.15, -0.1) is 0 Å². The predicted molar refractivity (Wildman–Crippen MR) is 74.1 cm³/mol. The van der Waals surface area contributed by atoms with Gasteiger partial charge in [0.05, 0.1) is 5.56 Å². The van der Waals surface area contributed by atoms with Crippen LogP contribution in [0.25, 0.3) is 0 Å².